The highest BCUT2D eigenvalue weighted by atomic mass is 16.5. The molecule has 2 aromatic heterocycles. The van der Waals surface area contributed by atoms with Gasteiger partial charge < -0.3 is 9.84 Å². The van der Waals surface area contributed by atoms with Crippen LogP contribution in [-0.4, -0.2) is 25.8 Å². The van der Waals surface area contributed by atoms with E-state index in [1.54, 1.807) is 0 Å². The van der Waals surface area contributed by atoms with Crippen LogP contribution in [-0.2, 0) is 31.2 Å². The summed E-state index contributed by atoms with van der Waals surface area (Å²) in [4.78, 5) is 16.4. The highest BCUT2D eigenvalue weighted by Gasteiger charge is 2.12. The van der Waals surface area contributed by atoms with Gasteiger partial charge in [0.05, 0.1) is 18.7 Å². The van der Waals surface area contributed by atoms with Gasteiger partial charge >= 0.3 is 0 Å². The van der Waals surface area contributed by atoms with Gasteiger partial charge in [0.2, 0.25) is 11.8 Å². The van der Waals surface area contributed by atoms with Crippen LogP contribution in [0.1, 0.15) is 40.7 Å². The summed E-state index contributed by atoms with van der Waals surface area (Å²) >= 11 is 0. The number of carbonyl (C=O) groups is 1. The van der Waals surface area contributed by atoms with Crippen LogP contribution < -0.4 is 5.32 Å². The number of hydrogen-bond acceptors (Lipinski definition) is 5. The van der Waals surface area contributed by atoms with Crippen LogP contribution in [0.5, 0.6) is 0 Å². The summed E-state index contributed by atoms with van der Waals surface area (Å²) in [6, 6.07) is 9.92. The molecule has 0 saturated heterocycles. The van der Waals surface area contributed by atoms with Crippen LogP contribution in [0, 0.1) is 13.8 Å². The lowest BCUT2D eigenvalue weighted by Crippen LogP contribution is -2.23. The van der Waals surface area contributed by atoms with Crippen LogP contribution in [0.3, 0.4) is 0 Å². The molecule has 0 aliphatic carbocycles. The van der Waals surface area contributed by atoms with Gasteiger partial charge in [-0.25, -0.2) is 0 Å². The third-order valence-corrected chi connectivity index (χ3v) is 4.41. The first-order valence-electron chi connectivity index (χ1n) is 8.64. The number of amides is 1. The van der Waals surface area contributed by atoms with E-state index in [0.29, 0.717) is 31.0 Å². The number of rotatable bonds is 7. The Morgan fingerprint density at radius 2 is 2.00 bits per heavy atom. The monoisotopic (exact) mass is 353 g/mol. The molecule has 1 aromatic carbocycles. The van der Waals surface area contributed by atoms with E-state index < -0.39 is 0 Å². The number of nitrogens with one attached hydrogen (secondary N) is 1. The molecule has 0 unspecified atom stereocenters. The van der Waals surface area contributed by atoms with E-state index in [-0.39, 0.29) is 12.5 Å². The predicted molar refractivity (Wildman–Crippen MR) is 96.4 cm³/mol. The normalized spacial score (nSPS) is 10.9. The van der Waals surface area contributed by atoms with Gasteiger partial charge in [-0.2, -0.15) is 10.1 Å². The average molecular weight is 353 g/mol. The molecule has 136 valence electrons. The fourth-order valence-electron chi connectivity index (χ4n) is 2.89. The number of benzene rings is 1. The van der Waals surface area contributed by atoms with Gasteiger partial charge in [0.15, 0.2) is 5.82 Å². The maximum absolute atomic E-state index is 12.1. The standard InChI is InChI=1S/C19H23N5O2/c1-13-16(14(2)24(3)22-13)9-10-18(25)20-12-17-21-19(26-23-17)11-15-7-5-4-6-8-15/h4-8H,9-12H2,1-3H3,(H,20,25). The quantitative estimate of drug-likeness (QED) is 0.704. The molecular weight excluding hydrogens is 330 g/mol. The molecule has 7 heteroatoms. The van der Waals surface area contributed by atoms with Gasteiger partial charge in [-0.15, -0.1) is 0 Å². The lowest BCUT2D eigenvalue weighted by Gasteiger charge is -2.03. The number of carbonyl (C=O) groups excluding carboxylic acids is 1. The number of aryl methyl sites for hydroxylation is 2. The van der Waals surface area contributed by atoms with E-state index >= 15 is 0 Å². The topological polar surface area (TPSA) is 85.8 Å². The summed E-state index contributed by atoms with van der Waals surface area (Å²) in [6.07, 6.45) is 1.66. The second-order valence-electron chi connectivity index (χ2n) is 6.32. The minimum atomic E-state index is -0.0398. The van der Waals surface area contributed by atoms with E-state index in [1.807, 2.05) is 55.9 Å². The third-order valence-electron chi connectivity index (χ3n) is 4.41. The summed E-state index contributed by atoms with van der Waals surface area (Å²) in [7, 11) is 1.91. The maximum Gasteiger partial charge on any atom is 0.231 e. The number of aromatic nitrogens is 4. The first kappa shape index (κ1) is 17.8. The van der Waals surface area contributed by atoms with Crippen LogP contribution in [0.15, 0.2) is 34.9 Å². The molecule has 0 aliphatic heterocycles. The molecule has 2 heterocycles. The van der Waals surface area contributed by atoms with Gasteiger partial charge in [-0.1, -0.05) is 35.5 Å². The number of hydrogen-bond donors (Lipinski definition) is 1. The van der Waals surface area contributed by atoms with Crippen molar-refractivity contribution < 1.29 is 9.32 Å². The fourth-order valence-corrected chi connectivity index (χ4v) is 2.89. The average Bonchev–Trinajstić information content (AvgIpc) is 3.17. The Balaban J connectivity index is 1.47. The summed E-state index contributed by atoms with van der Waals surface area (Å²) in [5.41, 5.74) is 4.31. The summed E-state index contributed by atoms with van der Waals surface area (Å²) in [5.74, 6) is 0.988. The minimum absolute atomic E-state index is 0.0398. The second-order valence-corrected chi connectivity index (χ2v) is 6.32. The Morgan fingerprint density at radius 1 is 1.23 bits per heavy atom. The molecule has 26 heavy (non-hydrogen) atoms. The fraction of sp³-hybridized carbons (Fsp3) is 0.368. The van der Waals surface area contributed by atoms with E-state index in [0.717, 1.165) is 22.5 Å². The highest BCUT2D eigenvalue weighted by Crippen LogP contribution is 2.14. The Kier molecular flexibility index (Phi) is 5.46. The Morgan fingerprint density at radius 3 is 2.69 bits per heavy atom. The molecule has 7 nitrogen and oxygen atoms in total. The molecule has 0 bridgehead atoms. The third kappa shape index (κ3) is 4.36. The second kappa shape index (κ2) is 7.95. The van der Waals surface area contributed by atoms with Crippen molar-refractivity contribution >= 4 is 5.91 Å². The zero-order valence-electron chi connectivity index (χ0n) is 15.3. The SMILES string of the molecule is Cc1nn(C)c(C)c1CCC(=O)NCc1noc(Cc2ccccc2)n1. The molecule has 0 spiro atoms. The molecule has 0 atom stereocenters. The highest BCUT2D eigenvalue weighted by molar-refractivity contribution is 5.76. The van der Waals surface area contributed by atoms with Gasteiger partial charge in [0.1, 0.15) is 0 Å². The Hall–Kier alpha value is -2.96. The summed E-state index contributed by atoms with van der Waals surface area (Å²) in [6.45, 7) is 4.25. The summed E-state index contributed by atoms with van der Waals surface area (Å²) in [5, 5.41) is 11.1. The maximum atomic E-state index is 12.1. The summed E-state index contributed by atoms with van der Waals surface area (Å²) < 4.78 is 7.08. The zero-order chi connectivity index (χ0) is 18.5. The van der Waals surface area contributed by atoms with Crippen LogP contribution >= 0.6 is 0 Å². The van der Waals surface area contributed by atoms with E-state index in [9.17, 15) is 4.79 Å². The van der Waals surface area contributed by atoms with Crippen LogP contribution in [0.4, 0.5) is 0 Å². The Bertz CT molecular complexity index is 883. The van der Waals surface area contributed by atoms with E-state index in [1.165, 1.54) is 0 Å². The van der Waals surface area contributed by atoms with Crippen molar-refractivity contribution in [1.29, 1.82) is 0 Å². The van der Waals surface area contributed by atoms with Crippen molar-refractivity contribution in [2.24, 2.45) is 7.05 Å². The van der Waals surface area contributed by atoms with Crippen molar-refractivity contribution in [3.63, 3.8) is 0 Å². The zero-order valence-corrected chi connectivity index (χ0v) is 15.3. The van der Waals surface area contributed by atoms with Gasteiger partial charge in [-0.05, 0) is 31.4 Å². The van der Waals surface area contributed by atoms with Crippen molar-refractivity contribution in [3.8, 4) is 0 Å². The number of nitrogens with zero attached hydrogens (tertiary/aromatic N) is 4. The smallest absolute Gasteiger partial charge is 0.231 e. The minimum Gasteiger partial charge on any atom is -0.349 e. The van der Waals surface area contributed by atoms with Crippen molar-refractivity contribution in [1.82, 2.24) is 25.2 Å². The molecule has 0 radical (unpaired) electrons. The first-order valence-corrected chi connectivity index (χ1v) is 8.64. The van der Waals surface area contributed by atoms with Gasteiger partial charge in [0, 0.05) is 19.2 Å². The molecule has 0 fully saturated rings. The molecule has 1 amide bonds. The van der Waals surface area contributed by atoms with Crippen molar-refractivity contribution in [3.05, 3.63) is 64.6 Å². The largest absolute Gasteiger partial charge is 0.349 e. The van der Waals surface area contributed by atoms with Crippen molar-refractivity contribution in [2.75, 3.05) is 0 Å². The van der Waals surface area contributed by atoms with Crippen LogP contribution in [0.2, 0.25) is 0 Å². The lowest BCUT2D eigenvalue weighted by atomic mass is 10.1. The van der Waals surface area contributed by atoms with Crippen molar-refractivity contribution in [2.45, 2.75) is 39.7 Å². The van der Waals surface area contributed by atoms with E-state index in [2.05, 4.69) is 20.6 Å². The Labute approximate surface area is 152 Å². The van der Waals surface area contributed by atoms with Crippen LogP contribution in [0.25, 0.3) is 0 Å². The first-order chi connectivity index (χ1) is 12.5. The predicted octanol–water partition coefficient (Wildman–Crippen LogP) is 2.26. The molecular formula is C19H23N5O2. The lowest BCUT2D eigenvalue weighted by molar-refractivity contribution is -0.121. The van der Waals surface area contributed by atoms with E-state index in [4.69, 9.17) is 4.52 Å². The molecule has 3 rings (SSSR count). The molecule has 0 saturated carbocycles. The molecule has 3 aromatic rings. The molecule has 0 aliphatic rings. The van der Waals surface area contributed by atoms with Gasteiger partial charge in [-0.3, -0.25) is 9.48 Å². The molecule has 1 N–H and O–H groups in total. The van der Waals surface area contributed by atoms with Gasteiger partial charge in [0.25, 0.3) is 0 Å².